The summed E-state index contributed by atoms with van der Waals surface area (Å²) < 4.78 is 6.02. The molecule has 2 aliphatic carbocycles. The Hall–Kier alpha value is -1.24. The van der Waals surface area contributed by atoms with E-state index in [0.29, 0.717) is 11.3 Å². The van der Waals surface area contributed by atoms with E-state index in [-0.39, 0.29) is 0 Å². The van der Waals surface area contributed by atoms with Crippen LogP contribution in [0, 0.1) is 5.41 Å². The first-order valence-electron chi connectivity index (χ1n) is 15.2. The molecule has 0 spiro atoms. The van der Waals surface area contributed by atoms with E-state index >= 15 is 0 Å². The summed E-state index contributed by atoms with van der Waals surface area (Å²) >= 11 is 0. The molecule has 1 nitrogen and oxygen atoms in total. The molecular formula is C33H54O. The van der Waals surface area contributed by atoms with Gasteiger partial charge in [0.15, 0.2) is 0 Å². The van der Waals surface area contributed by atoms with Gasteiger partial charge < -0.3 is 4.74 Å². The second kappa shape index (κ2) is 15.7. The Bertz CT molecular complexity index is 679. The molecule has 1 heteroatoms. The number of hydrogen-bond donors (Lipinski definition) is 0. The summed E-state index contributed by atoms with van der Waals surface area (Å²) in [5.41, 5.74) is 3.91. The predicted molar refractivity (Wildman–Crippen MR) is 149 cm³/mol. The molecule has 0 bridgehead atoms. The summed E-state index contributed by atoms with van der Waals surface area (Å²) in [5.74, 6) is 1.73. The van der Waals surface area contributed by atoms with Crippen molar-refractivity contribution in [2.75, 3.05) is 6.61 Å². The van der Waals surface area contributed by atoms with E-state index in [2.05, 4.69) is 44.2 Å². The van der Waals surface area contributed by atoms with E-state index in [1.54, 1.807) is 11.1 Å². The summed E-state index contributed by atoms with van der Waals surface area (Å²) in [6, 6.07) is 9.26. The lowest BCUT2D eigenvalue weighted by Crippen LogP contribution is -2.25. The second-order valence-electron chi connectivity index (χ2n) is 11.5. The maximum Gasteiger partial charge on any atom is 0.119 e. The topological polar surface area (TPSA) is 9.23 Å². The third-order valence-corrected chi connectivity index (χ3v) is 8.76. The molecule has 0 heterocycles. The fraction of sp³-hybridized carbons (Fsp3) is 0.758. The van der Waals surface area contributed by atoms with Crippen molar-refractivity contribution in [3.05, 3.63) is 41.5 Å². The Morgan fingerprint density at radius 2 is 1.56 bits per heavy atom. The van der Waals surface area contributed by atoms with Crippen LogP contribution in [-0.4, -0.2) is 6.61 Å². The number of hydrogen-bond acceptors (Lipinski definition) is 1. The molecular weight excluding hydrogens is 412 g/mol. The van der Waals surface area contributed by atoms with Crippen LogP contribution in [0.1, 0.15) is 154 Å². The van der Waals surface area contributed by atoms with Crippen molar-refractivity contribution in [1.29, 1.82) is 0 Å². The number of benzene rings is 1. The lowest BCUT2D eigenvalue weighted by atomic mass is 9.66. The number of unbranched alkanes of at least 4 members (excludes halogenated alkanes) is 5. The van der Waals surface area contributed by atoms with Crippen LogP contribution in [-0.2, 0) is 0 Å². The molecule has 1 unspecified atom stereocenters. The molecule has 1 fully saturated rings. The average molecular weight is 467 g/mol. The van der Waals surface area contributed by atoms with Gasteiger partial charge in [0.1, 0.15) is 5.75 Å². The van der Waals surface area contributed by atoms with Crippen molar-refractivity contribution in [1.82, 2.24) is 0 Å². The van der Waals surface area contributed by atoms with Crippen molar-refractivity contribution in [3.63, 3.8) is 0 Å². The Morgan fingerprint density at radius 3 is 2.26 bits per heavy atom. The van der Waals surface area contributed by atoms with Gasteiger partial charge >= 0.3 is 0 Å². The van der Waals surface area contributed by atoms with Gasteiger partial charge in [0.2, 0.25) is 0 Å². The number of allylic oxidation sites excluding steroid dienone is 2. The highest BCUT2D eigenvalue weighted by Crippen LogP contribution is 2.47. The van der Waals surface area contributed by atoms with Crippen LogP contribution in [0.15, 0.2) is 35.9 Å². The SMILES string of the molecule is CCCCCCC1(CCC(CC2=CCCCC2)c2ccc(OCCCCC)cc2)CCCCC1. The van der Waals surface area contributed by atoms with Crippen LogP contribution in [0.2, 0.25) is 0 Å². The Balaban J connectivity index is 1.65. The summed E-state index contributed by atoms with van der Waals surface area (Å²) in [4.78, 5) is 0. The van der Waals surface area contributed by atoms with Crippen molar-refractivity contribution in [2.45, 2.75) is 148 Å². The van der Waals surface area contributed by atoms with Gasteiger partial charge in [-0.1, -0.05) is 95.4 Å². The molecule has 0 radical (unpaired) electrons. The molecule has 1 atom stereocenters. The lowest BCUT2D eigenvalue weighted by molar-refractivity contribution is 0.144. The normalized spacial score (nSPS) is 18.9. The molecule has 0 aromatic heterocycles. The van der Waals surface area contributed by atoms with Crippen LogP contribution in [0.3, 0.4) is 0 Å². The number of rotatable bonds is 16. The Morgan fingerprint density at radius 1 is 0.794 bits per heavy atom. The molecule has 192 valence electrons. The monoisotopic (exact) mass is 466 g/mol. The second-order valence-corrected chi connectivity index (χ2v) is 11.5. The highest BCUT2D eigenvalue weighted by Gasteiger charge is 2.32. The van der Waals surface area contributed by atoms with Crippen LogP contribution in [0.4, 0.5) is 0 Å². The van der Waals surface area contributed by atoms with Gasteiger partial charge in [-0.25, -0.2) is 0 Å². The first-order valence-corrected chi connectivity index (χ1v) is 15.2. The van der Waals surface area contributed by atoms with Crippen LogP contribution in [0.5, 0.6) is 5.75 Å². The summed E-state index contributed by atoms with van der Waals surface area (Å²) in [7, 11) is 0. The molecule has 1 aromatic carbocycles. The highest BCUT2D eigenvalue weighted by atomic mass is 16.5. The zero-order chi connectivity index (χ0) is 23.9. The fourth-order valence-electron chi connectivity index (χ4n) is 6.51. The third kappa shape index (κ3) is 9.43. The molecule has 1 aromatic rings. The fourth-order valence-corrected chi connectivity index (χ4v) is 6.51. The van der Waals surface area contributed by atoms with Gasteiger partial charge in [-0.15, -0.1) is 0 Å². The van der Waals surface area contributed by atoms with E-state index in [4.69, 9.17) is 4.74 Å². The van der Waals surface area contributed by atoms with Crippen molar-refractivity contribution in [2.24, 2.45) is 5.41 Å². The van der Waals surface area contributed by atoms with Crippen molar-refractivity contribution < 1.29 is 4.74 Å². The first-order chi connectivity index (χ1) is 16.7. The van der Waals surface area contributed by atoms with Crippen LogP contribution >= 0.6 is 0 Å². The Labute approximate surface area is 212 Å². The van der Waals surface area contributed by atoms with Gasteiger partial charge in [0.05, 0.1) is 6.61 Å². The van der Waals surface area contributed by atoms with E-state index < -0.39 is 0 Å². The summed E-state index contributed by atoms with van der Waals surface area (Å²) in [6.07, 6.45) is 30.2. The zero-order valence-electron chi connectivity index (χ0n) is 22.7. The number of ether oxygens (including phenoxy) is 1. The minimum absolute atomic E-state index is 0.632. The first kappa shape index (κ1) is 27.3. The third-order valence-electron chi connectivity index (χ3n) is 8.76. The predicted octanol–water partition coefficient (Wildman–Crippen LogP) is 10.9. The zero-order valence-corrected chi connectivity index (χ0v) is 22.7. The van der Waals surface area contributed by atoms with Crippen LogP contribution in [0.25, 0.3) is 0 Å². The maximum absolute atomic E-state index is 6.02. The Kier molecular flexibility index (Phi) is 12.6. The minimum Gasteiger partial charge on any atom is -0.494 e. The molecule has 2 aliphatic rings. The standard InChI is InChI=1S/C33H54O/c1-3-5-7-12-23-33(24-13-9-14-25-33)26-22-31(28-29-16-10-8-11-17-29)30-18-20-32(21-19-30)34-27-15-6-4-2/h16,18-21,31H,3-15,17,22-28H2,1-2H3. The van der Waals surface area contributed by atoms with E-state index in [0.717, 1.165) is 18.8 Å². The van der Waals surface area contributed by atoms with Gasteiger partial charge in [-0.3, -0.25) is 0 Å². The van der Waals surface area contributed by atoms with Gasteiger partial charge in [0, 0.05) is 0 Å². The molecule has 0 saturated heterocycles. The summed E-state index contributed by atoms with van der Waals surface area (Å²) in [6.45, 7) is 5.44. The molecule has 0 N–H and O–H groups in total. The lowest BCUT2D eigenvalue weighted by Gasteiger charge is -2.39. The quantitative estimate of drug-likeness (QED) is 0.174. The largest absolute Gasteiger partial charge is 0.494 e. The molecule has 0 amide bonds. The minimum atomic E-state index is 0.632. The van der Waals surface area contributed by atoms with Crippen molar-refractivity contribution in [3.8, 4) is 5.75 Å². The molecule has 1 saturated carbocycles. The summed E-state index contributed by atoms with van der Waals surface area (Å²) in [5, 5.41) is 0. The van der Waals surface area contributed by atoms with Crippen molar-refractivity contribution >= 4 is 0 Å². The van der Waals surface area contributed by atoms with Gasteiger partial charge in [0.25, 0.3) is 0 Å². The van der Waals surface area contributed by atoms with Gasteiger partial charge in [-0.05, 0) is 99.7 Å². The molecule has 3 rings (SSSR count). The van der Waals surface area contributed by atoms with E-state index in [9.17, 15) is 0 Å². The maximum atomic E-state index is 6.02. The smallest absolute Gasteiger partial charge is 0.119 e. The van der Waals surface area contributed by atoms with Gasteiger partial charge in [-0.2, -0.15) is 0 Å². The highest BCUT2D eigenvalue weighted by molar-refractivity contribution is 5.30. The molecule has 34 heavy (non-hydrogen) atoms. The average Bonchev–Trinajstić information content (AvgIpc) is 2.89. The van der Waals surface area contributed by atoms with E-state index in [1.807, 2.05) is 0 Å². The van der Waals surface area contributed by atoms with E-state index in [1.165, 1.54) is 122 Å². The van der Waals surface area contributed by atoms with Crippen LogP contribution < -0.4 is 4.74 Å². The molecule has 0 aliphatic heterocycles.